The second-order valence-corrected chi connectivity index (χ2v) is 6.81. The monoisotopic (exact) mass is 358 g/mol. The Kier molecular flexibility index (Phi) is 6.28. The van der Waals surface area contributed by atoms with Gasteiger partial charge < -0.3 is 20.5 Å². The number of benzene rings is 1. The van der Waals surface area contributed by atoms with E-state index in [0.717, 1.165) is 37.0 Å². The number of aliphatic hydroxyl groups is 1. The van der Waals surface area contributed by atoms with Gasteiger partial charge in [0.15, 0.2) is 0 Å². The molecule has 140 valence electrons. The van der Waals surface area contributed by atoms with Crippen LogP contribution in [-0.2, 0) is 16.0 Å². The van der Waals surface area contributed by atoms with Crippen LogP contribution < -0.4 is 15.4 Å². The highest BCUT2D eigenvalue weighted by molar-refractivity contribution is 6.35. The van der Waals surface area contributed by atoms with E-state index in [1.54, 1.807) is 6.07 Å². The molecule has 0 bridgehead atoms. The van der Waals surface area contributed by atoms with Crippen molar-refractivity contribution in [2.75, 3.05) is 19.7 Å². The average molecular weight is 358 g/mol. The second-order valence-electron chi connectivity index (χ2n) is 6.81. The molecule has 1 aliphatic heterocycles. The van der Waals surface area contributed by atoms with Gasteiger partial charge in [-0.2, -0.15) is 0 Å². The van der Waals surface area contributed by atoms with Crippen LogP contribution in [-0.4, -0.2) is 36.6 Å². The number of carbonyl (C=O) groups excluding carboxylic acids is 2. The van der Waals surface area contributed by atoms with Crippen LogP contribution in [0.3, 0.4) is 0 Å². The van der Waals surface area contributed by atoms with Crippen molar-refractivity contribution in [3.05, 3.63) is 41.0 Å². The number of allylic oxidation sites excluding steroid dienone is 1. The number of hydrogen-bond donors (Lipinski definition) is 3. The fraction of sp³-hybridized carbons (Fsp3) is 0.500. The van der Waals surface area contributed by atoms with Crippen LogP contribution in [0.5, 0.6) is 5.75 Å². The largest absolute Gasteiger partial charge is 0.493 e. The van der Waals surface area contributed by atoms with Gasteiger partial charge in [0.2, 0.25) is 0 Å². The third-order valence-electron chi connectivity index (χ3n) is 4.88. The van der Waals surface area contributed by atoms with E-state index >= 15 is 0 Å². The summed E-state index contributed by atoms with van der Waals surface area (Å²) in [7, 11) is 0. The van der Waals surface area contributed by atoms with Gasteiger partial charge in [-0.25, -0.2) is 0 Å². The maximum atomic E-state index is 11.9. The maximum absolute atomic E-state index is 11.9. The Labute approximate surface area is 153 Å². The van der Waals surface area contributed by atoms with Crippen molar-refractivity contribution >= 4 is 11.8 Å². The molecule has 1 aromatic carbocycles. The predicted molar refractivity (Wildman–Crippen MR) is 97.8 cm³/mol. The Morgan fingerprint density at radius 3 is 2.81 bits per heavy atom. The van der Waals surface area contributed by atoms with Crippen LogP contribution >= 0.6 is 0 Å². The van der Waals surface area contributed by atoms with Crippen LogP contribution in [0.2, 0.25) is 0 Å². The van der Waals surface area contributed by atoms with Gasteiger partial charge >= 0.3 is 11.8 Å². The van der Waals surface area contributed by atoms with Gasteiger partial charge in [-0.05, 0) is 55.4 Å². The summed E-state index contributed by atoms with van der Waals surface area (Å²) in [6.45, 7) is 1.12. The second kappa shape index (κ2) is 8.85. The summed E-state index contributed by atoms with van der Waals surface area (Å²) in [6.07, 6.45) is 7.61. The van der Waals surface area contributed by atoms with Crippen molar-refractivity contribution in [3.63, 3.8) is 0 Å². The molecule has 2 amide bonds. The Balaban J connectivity index is 1.39. The highest BCUT2D eigenvalue weighted by atomic mass is 16.5. The van der Waals surface area contributed by atoms with Gasteiger partial charge in [-0.3, -0.25) is 9.59 Å². The molecule has 0 fully saturated rings. The minimum Gasteiger partial charge on any atom is -0.493 e. The third-order valence-corrected chi connectivity index (χ3v) is 4.88. The number of ether oxygens (including phenoxy) is 1. The first-order valence-corrected chi connectivity index (χ1v) is 9.31. The number of nitrogens with one attached hydrogen (secondary N) is 2. The minimum atomic E-state index is -0.856. The molecule has 0 saturated heterocycles. The van der Waals surface area contributed by atoms with Crippen LogP contribution in [0.15, 0.2) is 29.8 Å². The fourth-order valence-electron chi connectivity index (χ4n) is 3.35. The molecule has 6 nitrogen and oxygen atoms in total. The first-order chi connectivity index (χ1) is 12.6. The number of amides is 2. The van der Waals surface area contributed by atoms with Crippen molar-refractivity contribution in [1.29, 1.82) is 0 Å². The minimum absolute atomic E-state index is 0.00293. The molecule has 1 atom stereocenters. The van der Waals surface area contributed by atoms with Crippen molar-refractivity contribution in [2.24, 2.45) is 0 Å². The first kappa shape index (κ1) is 18.5. The van der Waals surface area contributed by atoms with Crippen molar-refractivity contribution in [2.45, 2.75) is 44.6 Å². The molecule has 3 rings (SSSR count). The van der Waals surface area contributed by atoms with Gasteiger partial charge in [0.1, 0.15) is 5.75 Å². The van der Waals surface area contributed by atoms with Gasteiger partial charge in [0, 0.05) is 19.5 Å². The van der Waals surface area contributed by atoms with Crippen LogP contribution in [0.4, 0.5) is 0 Å². The van der Waals surface area contributed by atoms with E-state index in [9.17, 15) is 14.7 Å². The van der Waals surface area contributed by atoms with Gasteiger partial charge in [0.05, 0.1) is 12.7 Å². The molecule has 3 N–H and O–H groups in total. The molecule has 0 radical (unpaired) electrons. The van der Waals surface area contributed by atoms with Crippen molar-refractivity contribution < 1.29 is 19.4 Å². The number of carbonyl (C=O) groups is 2. The predicted octanol–water partition coefficient (Wildman–Crippen LogP) is 1.78. The number of rotatable bonds is 6. The zero-order valence-electron chi connectivity index (χ0n) is 14.9. The topological polar surface area (TPSA) is 87.7 Å². The van der Waals surface area contributed by atoms with Gasteiger partial charge in [-0.1, -0.05) is 17.7 Å². The third kappa shape index (κ3) is 4.85. The lowest BCUT2D eigenvalue weighted by Crippen LogP contribution is -2.41. The lowest BCUT2D eigenvalue weighted by molar-refractivity contribution is -0.139. The van der Waals surface area contributed by atoms with Gasteiger partial charge in [-0.15, -0.1) is 0 Å². The molecule has 1 heterocycles. The lowest BCUT2D eigenvalue weighted by atomic mass is 9.97. The zero-order valence-corrected chi connectivity index (χ0v) is 14.9. The summed E-state index contributed by atoms with van der Waals surface area (Å²) in [5, 5.41) is 15.4. The molecule has 1 aliphatic carbocycles. The van der Waals surface area contributed by atoms with E-state index in [1.807, 2.05) is 12.1 Å². The summed E-state index contributed by atoms with van der Waals surface area (Å²) >= 11 is 0. The van der Waals surface area contributed by atoms with E-state index < -0.39 is 17.9 Å². The van der Waals surface area contributed by atoms with Gasteiger partial charge in [0.25, 0.3) is 0 Å². The van der Waals surface area contributed by atoms with Crippen molar-refractivity contribution in [3.8, 4) is 5.75 Å². The Hall–Kier alpha value is -2.34. The fourth-order valence-corrected chi connectivity index (χ4v) is 3.35. The molecule has 6 heteroatoms. The normalized spacial score (nSPS) is 16.9. The van der Waals surface area contributed by atoms with E-state index in [-0.39, 0.29) is 6.54 Å². The van der Waals surface area contributed by atoms with Crippen LogP contribution in [0.25, 0.3) is 0 Å². The maximum Gasteiger partial charge on any atom is 0.309 e. The molecular weight excluding hydrogens is 332 g/mol. The Morgan fingerprint density at radius 1 is 1.15 bits per heavy atom. The lowest BCUT2D eigenvalue weighted by Gasteiger charge is -2.14. The standard InChI is InChI=1S/C20H26N2O4/c23-17(15-6-7-18-16(12-15)9-11-26-18)13-22-20(25)19(24)21-10-8-14-4-2-1-3-5-14/h4,6-7,12,17,23H,1-3,5,8-11,13H2,(H,21,24)(H,22,25)/t17-/m1/s1. The number of fused-ring (bicyclic) bond motifs is 1. The summed E-state index contributed by atoms with van der Waals surface area (Å²) in [5.74, 6) is -0.528. The van der Waals surface area contributed by atoms with Crippen molar-refractivity contribution in [1.82, 2.24) is 10.6 Å². The summed E-state index contributed by atoms with van der Waals surface area (Å²) < 4.78 is 5.44. The van der Waals surface area contributed by atoms with E-state index in [0.29, 0.717) is 18.7 Å². The SMILES string of the molecule is O=C(NCCC1=CCCCC1)C(=O)NC[C@@H](O)c1ccc2c(c1)CCO2. The molecular formula is C20H26N2O4. The zero-order chi connectivity index (χ0) is 18.4. The average Bonchev–Trinajstić information content (AvgIpc) is 3.14. The van der Waals surface area contributed by atoms with E-state index in [4.69, 9.17) is 4.74 Å². The molecule has 0 unspecified atom stereocenters. The first-order valence-electron chi connectivity index (χ1n) is 9.31. The van der Waals surface area contributed by atoms with Crippen LogP contribution in [0, 0.1) is 0 Å². The molecule has 26 heavy (non-hydrogen) atoms. The Bertz CT molecular complexity index is 699. The molecule has 2 aliphatic rings. The van der Waals surface area contributed by atoms with E-state index in [1.165, 1.54) is 18.4 Å². The van der Waals surface area contributed by atoms with Crippen LogP contribution in [0.1, 0.15) is 49.3 Å². The molecule has 1 aromatic rings. The summed E-state index contributed by atoms with van der Waals surface area (Å²) in [5.41, 5.74) is 3.12. The quantitative estimate of drug-likeness (QED) is 0.534. The highest BCUT2D eigenvalue weighted by Gasteiger charge is 2.18. The number of hydrogen-bond acceptors (Lipinski definition) is 4. The summed E-state index contributed by atoms with van der Waals surface area (Å²) in [4.78, 5) is 23.7. The molecule has 0 aromatic heterocycles. The smallest absolute Gasteiger partial charge is 0.309 e. The van der Waals surface area contributed by atoms with E-state index in [2.05, 4.69) is 16.7 Å². The highest BCUT2D eigenvalue weighted by Crippen LogP contribution is 2.28. The summed E-state index contributed by atoms with van der Waals surface area (Å²) in [6, 6.07) is 5.49. The molecule has 0 spiro atoms. The number of aliphatic hydroxyl groups excluding tert-OH is 1. The Morgan fingerprint density at radius 2 is 2.00 bits per heavy atom. The molecule has 0 saturated carbocycles.